The van der Waals surface area contributed by atoms with Crippen LogP contribution in [0.3, 0.4) is 0 Å². The van der Waals surface area contributed by atoms with Crippen LogP contribution >= 0.6 is 0 Å². The Morgan fingerprint density at radius 2 is 1.82 bits per heavy atom. The van der Waals surface area contributed by atoms with Crippen molar-refractivity contribution >= 4 is 17.5 Å². The van der Waals surface area contributed by atoms with E-state index in [1.165, 1.54) is 6.92 Å². The highest BCUT2D eigenvalue weighted by molar-refractivity contribution is 6.24. The van der Waals surface area contributed by atoms with Gasteiger partial charge in [0, 0.05) is 12.8 Å². The number of carbonyl (C=O) groups is 2. The maximum Gasteiger partial charge on any atom is 0.328 e. The second-order valence-electron chi connectivity index (χ2n) is 6.51. The SMILES string of the molecule is CCOc1ccc(CC(O)=C2C(=O)CCCC2=N[C@@H](C)C(=O)O)cc1OCC. The molecule has 0 radical (unpaired) electrons. The lowest BCUT2D eigenvalue weighted by Crippen LogP contribution is -2.25. The summed E-state index contributed by atoms with van der Waals surface area (Å²) in [6.45, 7) is 6.18. The molecule has 7 heteroatoms. The summed E-state index contributed by atoms with van der Waals surface area (Å²) in [4.78, 5) is 27.7. The minimum Gasteiger partial charge on any atom is -0.511 e. The summed E-state index contributed by atoms with van der Waals surface area (Å²) in [5, 5.41) is 19.8. The van der Waals surface area contributed by atoms with Crippen LogP contribution < -0.4 is 9.47 Å². The summed E-state index contributed by atoms with van der Waals surface area (Å²) >= 11 is 0. The summed E-state index contributed by atoms with van der Waals surface area (Å²) in [7, 11) is 0. The molecular formula is C21H27NO6. The number of carboxylic acid groups (broad SMARTS) is 1. The Balaban J connectivity index is 2.36. The van der Waals surface area contributed by atoms with Crippen LogP contribution in [0.15, 0.2) is 34.5 Å². The van der Waals surface area contributed by atoms with Crippen molar-refractivity contribution in [2.75, 3.05) is 13.2 Å². The molecule has 0 aliphatic heterocycles. The molecule has 2 N–H and O–H groups in total. The number of ketones is 1. The molecule has 1 aliphatic rings. The number of hydrogen-bond acceptors (Lipinski definition) is 6. The molecule has 1 fully saturated rings. The first-order valence-electron chi connectivity index (χ1n) is 9.51. The number of hydrogen-bond donors (Lipinski definition) is 2. The highest BCUT2D eigenvalue weighted by atomic mass is 16.5. The molecule has 0 saturated heterocycles. The molecule has 0 unspecified atom stereocenters. The number of rotatable bonds is 8. The highest BCUT2D eigenvalue weighted by Crippen LogP contribution is 2.30. The first-order chi connectivity index (χ1) is 13.4. The molecule has 0 aromatic heterocycles. The quantitative estimate of drug-likeness (QED) is 0.521. The number of allylic oxidation sites excluding steroid dienone is 2. The Bertz CT molecular complexity index is 796. The standard InChI is InChI=1S/C21H27NO6/c1-4-27-18-10-9-14(12-19(18)28-5-2)11-17(24)20-15(7-6-8-16(20)23)22-13(3)21(25)26/h9-10,12-13,24H,4-8,11H2,1-3H3,(H,25,26)/t13-/m0/s1. The zero-order valence-corrected chi connectivity index (χ0v) is 16.5. The van der Waals surface area contributed by atoms with Crippen molar-refractivity contribution in [2.45, 2.75) is 52.5 Å². The molecule has 1 aliphatic carbocycles. The van der Waals surface area contributed by atoms with Crippen LogP contribution in [0.4, 0.5) is 0 Å². The van der Waals surface area contributed by atoms with Crippen molar-refractivity contribution in [3.63, 3.8) is 0 Å². The van der Waals surface area contributed by atoms with E-state index in [2.05, 4.69) is 4.99 Å². The maximum absolute atomic E-state index is 12.4. The zero-order valence-electron chi connectivity index (χ0n) is 16.5. The lowest BCUT2D eigenvalue weighted by Gasteiger charge is -2.19. The Morgan fingerprint density at radius 3 is 2.46 bits per heavy atom. The maximum atomic E-state index is 12.4. The number of Topliss-reactive ketones (excluding diaryl/α,β-unsaturated/α-hetero) is 1. The third-order valence-corrected chi connectivity index (χ3v) is 4.36. The van der Waals surface area contributed by atoms with E-state index in [4.69, 9.17) is 14.6 Å². The van der Waals surface area contributed by atoms with Crippen LogP contribution in [0, 0.1) is 0 Å². The van der Waals surface area contributed by atoms with Crippen molar-refractivity contribution in [3.05, 3.63) is 35.1 Å². The van der Waals surface area contributed by atoms with E-state index in [0.29, 0.717) is 49.7 Å². The van der Waals surface area contributed by atoms with E-state index in [1.54, 1.807) is 18.2 Å². The molecule has 1 atom stereocenters. The van der Waals surface area contributed by atoms with Crippen LogP contribution in [-0.4, -0.2) is 46.9 Å². The molecule has 28 heavy (non-hydrogen) atoms. The number of aliphatic carboxylic acids is 1. The number of carboxylic acids is 1. The summed E-state index contributed by atoms with van der Waals surface area (Å²) in [5.41, 5.74) is 1.26. The second kappa shape index (κ2) is 9.92. The molecule has 0 amide bonds. The fourth-order valence-corrected chi connectivity index (χ4v) is 3.06. The summed E-state index contributed by atoms with van der Waals surface area (Å²) in [6.07, 6.45) is 1.50. The van der Waals surface area contributed by atoms with Gasteiger partial charge < -0.3 is 19.7 Å². The molecule has 0 bridgehead atoms. The highest BCUT2D eigenvalue weighted by Gasteiger charge is 2.27. The number of benzene rings is 1. The minimum absolute atomic E-state index is 0.104. The van der Waals surface area contributed by atoms with Gasteiger partial charge in [-0.2, -0.15) is 0 Å². The van der Waals surface area contributed by atoms with Crippen molar-refractivity contribution in [1.82, 2.24) is 0 Å². The predicted octanol–water partition coefficient (Wildman–Crippen LogP) is 3.51. The van der Waals surface area contributed by atoms with Crippen LogP contribution in [0.1, 0.15) is 45.6 Å². The van der Waals surface area contributed by atoms with Crippen LogP contribution in [-0.2, 0) is 16.0 Å². The van der Waals surface area contributed by atoms with Gasteiger partial charge in [-0.1, -0.05) is 6.07 Å². The Labute approximate surface area is 164 Å². The molecule has 152 valence electrons. The van der Waals surface area contributed by atoms with Gasteiger partial charge in [0.2, 0.25) is 0 Å². The first kappa shape index (κ1) is 21.5. The normalized spacial score (nSPS) is 18.7. The van der Waals surface area contributed by atoms with E-state index >= 15 is 0 Å². The lowest BCUT2D eigenvalue weighted by atomic mass is 9.89. The molecule has 0 heterocycles. The van der Waals surface area contributed by atoms with Gasteiger partial charge in [-0.15, -0.1) is 0 Å². The van der Waals surface area contributed by atoms with Crippen molar-refractivity contribution in [3.8, 4) is 11.5 Å². The number of nitrogens with zero attached hydrogens (tertiary/aromatic N) is 1. The second-order valence-corrected chi connectivity index (χ2v) is 6.51. The lowest BCUT2D eigenvalue weighted by molar-refractivity contribution is -0.138. The van der Waals surface area contributed by atoms with Crippen molar-refractivity contribution in [1.29, 1.82) is 0 Å². The van der Waals surface area contributed by atoms with Crippen molar-refractivity contribution in [2.24, 2.45) is 4.99 Å². The van der Waals surface area contributed by atoms with Gasteiger partial charge in [0.25, 0.3) is 0 Å². The van der Waals surface area contributed by atoms with Crippen molar-refractivity contribution < 1.29 is 29.3 Å². The molecule has 2 rings (SSSR count). The molecule has 1 aromatic rings. The Hall–Kier alpha value is -2.83. The largest absolute Gasteiger partial charge is 0.511 e. The van der Waals surface area contributed by atoms with Crippen LogP contribution in [0.2, 0.25) is 0 Å². The number of aliphatic imine (C=N–C) groups is 1. The monoisotopic (exact) mass is 389 g/mol. The van der Waals surface area contributed by atoms with E-state index < -0.39 is 12.0 Å². The Morgan fingerprint density at radius 1 is 1.14 bits per heavy atom. The number of aliphatic hydroxyl groups is 1. The topological polar surface area (TPSA) is 105 Å². The van der Waals surface area contributed by atoms with Gasteiger partial charge in [-0.25, -0.2) is 4.79 Å². The predicted molar refractivity (Wildman–Crippen MR) is 106 cm³/mol. The summed E-state index contributed by atoms with van der Waals surface area (Å²) in [6, 6.07) is 4.37. The molecule has 7 nitrogen and oxygen atoms in total. The fourth-order valence-electron chi connectivity index (χ4n) is 3.06. The van der Waals surface area contributed by atoms with E-state index in [-0.39, 0.29) is 23.5 Å². The molecule has 1 saturated carbocycles. The first-order valence-corrected chi connectivity index (χ1v) is 9.51. The summed E-state index contributed by atoms with van der Waals surface area (Å²) < 4.78 is 11.1. The number of aliphatic hydroxyl groups excluding tert-OH is 1. The van der Waals surface area contributed by atoms with Gasteiger partial charge in [-0.3, -0.25) is 9.79 Å². The van der Waals surface area contributed by atoms with Gasteiger partial charge >= 0.3 is 5.97 Å². The molecule has 0 spiro atoms. The zero-order chi connectivity index (χ0) is 20.7. The third kappa shape index (κ3) is 5.34. The van der Waals surface area contributed by atoms with Gasteiger partial charge in [0.1, 0.15) is 11.8 Å². The Kier molecular flexibility index (Phi) is 7.61. The van der Waals surface area contributed by atoms with Gasteiger partial charge in [0.05, 0.1) is 24.5 Å². The summed E-state index contributed by atoms with van der Waals surface area (Å²) in [5.74, 6) is -0.199. The third-order valence-electron chi connectivity index (χ3n) is 4.36. The smallest absolute Gasteiger partial charge is 0.328 e. The van der Waals surface area contributed by atoms with Gasteiger partial charge in [-0.05, 0) is 51.3 Å². The number of carbonyl (C=O) groups excluding carboxylic acids is 1. The van der Waals surface area contributed by atoms with E-state index in [1.807, 2.05) is 13.8 Å². The number of ether oxygens (including phenoxy) is 2. The fraction of sp³-hybridized carbons (Fsp3) is 0.476. The van der Waals surface area contributed by atoms with Crippen LogP contribution in [0.25, 0.3) is 0 Å². The minimum atomic E-state index is -1.07. The van der Waals surface area contributed by atoms with Gasteiger partial charge in [0.15, 0.2) is 17.3 Å². The van der Waals surface area contributed by atoms with Crippen LogP contribution in [0.5, 0.6) is 11.5 Å². The molecule has 1 aromatic carbocycles. The average molecular weight is 389 g/mol. The van der Waals surface area contributed by atoms with E-state index in [0.717, 1.165) is 5.56 Å². The van der Waals surface area contributed by atoms with E-state index in [9.17, 15) is 14.7 Å². The average Bonchev–Trinajstić information content (AvgIpc) is 2.64. The molecular weight excluding hydrogens is 362 g/mol.